The molecule has 0 spiro atoms. The van der Waals surface area contributed by atoms with Gasteiger partial charge in [-0.25, -0.2) is 0 Å². The van der Waals surface area contributed by atoms with Crippen LogP contribution in [0.25, 0.3) is 0 Å². The van der Waals surface area contributed by atoms with E-state index in [9.17, 15) is 0 Å². The molecule has 0 amide bonds. The minimum atomic E-state index is 0.332. The average molecular weight is 233 g/mol. The van der Waals surface area contributed by atoms with E-state index in [0.29, 0.717) is 18.6 Å². The summed E-state index contributed by atoms with van der Waals surface area (Å²) in [6, 6.07) is 11.2. The van der Waals surface area contributed by atoms with Gasteiger partial charge in [0.05, 0.1) is 0 Å². The topological polar surface area (TPSA) is 23.5 Å². The summed E-state index contributed by atoms with van der Waals surface area (Å²) in [6.07, 6.45) is 3.50. The van der Waals surface area contributed by atoms with Gasteiger partial charge in [-0.2, -0.15) is 0 Å². The van der Waals surface area contributed by atoms with E-state index in [4.69, 9.17) is 5.11 Å². The Kier molecular flexibility index (Phi) is 4.57. The number of benzene rings is 1. The Morgan fingerprint density at radius 1 is 1.35 bits per heavy atom. The highest BCUT2D eigenvalue weighted by atomic mass is 16.3. The third-order valence-corrected chi connectivity index (χ3v) is 3.92. The number of hydrogen-bond donors (Lipinski definition) is 1. The SMILES string of the molecule is CC(c1ccccc1)N1CCCC(CCO)C1. The smallest absolute Gasteiger partial charge is 0.0434 e. The lowest BCUT2D eigenvalue weighted by atomic mass is 9.93. The van der Waals surface area contributed by atoms with Gasteiger partial charge in [0.15, 0.2) is 0 Å². The molecular weight excluding hydrogens is 210 g/mol. The summed E-state index contributed by atoms with van der Waals surface area (Å²) in [5.74, 6) is 0.680. The number of aliphatic hydroxyl groups is 1. The van der Waals surface area contributed by atoms with Crippen molar-refractivity contribution in [3.8, 4) is 0 Å². The molecule has 1 aliphatic heterocycles. The quantitative estimate of drug-likeness (QED) is 0.864. The van der Waals surface area contributed by atoms with Crippen molar-refractivity contribution in [2.75, 3.05) is 19.7 Å². The molecule has 1 aliphatic rings. The number of piperidine rings is 1. The molecule has 0 aromatic heterocycles. The lowest BCUT2D eigenvalue weighted by Crippen LogP contribution is -2.37. The minimum absolute atomic E-state index is 0.332. The van der Waals surface area contributed by atoms with Gasteiger partial charge in [0.2, 0.25) is 0 Å². The maximum Gasteiger partial charge on any atom is 0.0434 e. The van der Waals surface area contributed by atoms with Crippen LogP contribution in [-0.2, 0) is 0 Å². The summed E-state index contributed by atoms with van der Waals surface area (Å²) in [7, 11) is 0. The van der Waals surface area contributed by atoms with E-state index in [0.717, 1.165) is 13.0 Å². The average Bonchev–Trinajstić information content (AvgIpc) is 2.40. The molecule has 2 heteroatoms. The first-order valence-electron chi connectivity index (χ1n) is 6.71. The van der Waals surface area contributed by atoms with Gasteiger partial charge < -0.3 is 5.11 Å². The molecule has 0 saturated carbocycles. The molecule has 0 aliphatic carbocycles. The second-order valence-electron chi connectivity index (χ2n) is 5.10. The van der Waals surface area contributed by atoms with Gasteiger partial charge in [0, 0.05) is 19.2 Å². The van der Waals surface area contributed by atoms with Crippen molar-refractivity contribution in [3.05, 3.63) is 35.9 Å². The van der Waals surface area contributed by atoms with E-state index in [1.807, 2.05) is 0 Å². The van der Waals surface area contributed by atoms with Crippen molar-refractivity contribution >= 4 is 0 Å². The Hall–Kier alpha value is -0.860. The number of likely N-dealkylation sites (tertiary alicyclic amines) is 1. The van der Waals surface area contributed by atoms with E-state index < -0.39 is 0 Å². The largest absolute Gasteiger partial charge is 0.396 e. The van der Waals surface area contributed by atoms with Crippen LogP contribution in [0.1, 0.15) is 37.8 Å². The van der Waals surface area contributed by atoms with Crippen LogP contribution in [0.2, 0.25) is 0 Å². The first-order chi connectivity index (χ1) is 8.31. The second kappa shape index (κ2) is 6.18. The molecule has 0 radical (unpaired) electrons. The molecule has 2 unspecified atom stereocenters. The fourth-order valence-corrected chi connectivity index (χ4v) is 2.81. The third-order valence-electron chi connectivity index (χ3n) is 3.92. The number of hydrogen-bond acceptors (Lipinski definition) is 2. The van der Waals surface area contributed by atoms with Gasteiger partial charge in [-0.15, -0.1) is 0 Å². The molecule has 17 heavy (non-hydrogen) atoms. The van der Waals surface area contributed by atoms with Gasteiger partial charge in [0.25, 0.3) is 0 Å². The van der Waals surface area contributed by atoms with E-state index in [2.05, 4.69) is 42.2 Å². The molecule has 1 saturated heterocycles. The Bertz CT molecular complexity index is 323. The minimum Gasteiger partial charge on any atom is -0.396 e. The zero-order valence-corrected chi connectivity index (χ0v) is 10.7. The van der Waals surface area contributed by atoms with Crippen molar-refractivity contribution in [2.24, 2.45) is 5.92 Å². The zero-order valence-electron chi connectivity index (χ0n) is 10.7. The highest BCUT2D eigenvalue weighted by Crippen LogP contribution is 2.27. The van der Waals surface area contributed by atoms with Crippen LogP contribution >= 0.6 is 0 Å². The van der Waals surface area contributed by atoms with Crippen LogP contribution < -0.4 is 0 Å². The summed E-state index contributed by atoms with van der Waals surface area (Å²) < 4.78 is 0. The van der Waals surface area contributed by atoms with Gasteiger partial charge in [-0.05, 0) is 44.2 Å². The summed E-state index contributed by atoms with van der Waals surface area (Å²) in [5, 5.41) is 9.04. The van der Waals surface area contributed by atoms with Gasteiger partial charge >= 0.3 is 0 Å². The molecular formula is C15H23NO. The Morgan fingerprint density at radius 2 is 2.12 bits per heavy atom. The maximum atomic E-state index is 9.04. The standard InChI is InChI=1S/C15H23NO/c1-13(15-7-3-2-4-8-15)16-10-5-6-14(12-16)9-11-17/h2-4,7-8,13-14,17H,5-6,9-12H2,1H3. The summed E-state index contributed by atoms with van der Waals surface area (Å²) in [6.45, 7) is 4.95. The predicted molar refractivity (Wildman–Crippen MR) is 70.9 cm³/mol. The third kappa shape index (κ3) is 3.30. The van der Waals surface area contributed by atoms with Gasteiger partial charge in [0.1, 0.15) is 0 Å². The zero-order chi connectivity index (χ0) is 12.1. The lowest BCUT2D eigenvalue weighted by molar-refractivity contribution is 0.114. The Labute approximate surface area is 104 Å². The normalized spacial score (nSPS) is 23.5. The van der Waals surface area contributed by atoms with Gasteiger partial charge in [-0.1, -0.05) is 30.3 Å². The van der Waals surface area contributed by atoms with Crippen LogP contribution in [0.15, 0.2) is 30.3 Å². The van der Waals surface area contributed by atoms with Crippen LogP contribution in [0, 0.1) is 5.92 Å². The van der Waals surface area contributed by atoms with Crippen molar-refractivity contribution < 1.29 is 5.11 Å². The van der Waals surface area contributed by atoms with E-state index in [1.165, 1.54) is 24.9 Å². The van der Waals surface area contributed by atoms with Crippen molar-refractivity contribution in [2.45, 2.75) is 32.2 Å². The molecule has 1 heterocycles. The monoisotopic (exact) mass is 233 g/mol. The van der Waals surface area contributed by atoms with Gasteiger partial charge in [-0.3, -0.25) is 4.90 Å². The highest BCUT2D eigenvalue weighted by Gasteiger charge is 2.23. The first kappa shape index (κ1) is 12.6. The van der Waals surface area contributed by atoms with Crippen molar-refractivity contribution in [3.63, 3.8) is 0 Å². The lowest BCUT2D eigenvalue weighted by Gasteiger charge is -2.37. The molecule has 94 valence electrons. The van der Waals surface area contributed by atoms with Crippen LogP contribution in [0.4, 0.5) is 0 Å². The Balaban J connectivity index is 1.97. The molecule has 1 aromatic rings. The summed E-state index contributed by atoms with van der Waals surface area (Å²) in [4.78, 5) is 2.55. The highest BCUT2D eigenvalue weighted by molar-refractivity contribution is 5.18. The summed E-state index contributed by atoms with van der Waals surface area (Å²) >= 11 is 0. The molecule has 2 nitrogen and oxygen atoms in total. The van der Waals surface area contributed by atoms with E-state index in [1.54, 1.807) is 0 Å². The second-order valence-corrected chi connectivity index (χ2v) is 5.10. The van der Waals surface area contributed by atoms with E-state index >= 15 is 0 Å². The van der Waals surface area contributed by atoms with Crippen LogP contribution in [0.3, 0.4) is 0 Å². The fraction of sp³-hybridized carbons (Fsp3) is 0.600. The molecule has 1 aromatic carbocycles. The molecule has 1 N–H and O–H groups in total. The first-order valence-corrected chi connectivity index (χ1v) is 6.71. The van der Waals surface area contributed by atoms with Crippen molar-refractivity contribution in [1.82, 2.24) is 4.90 Å². The van der Waals surface area contributed by atoms with Crippen molar-refractivity contribution in [1.29, 1.82) is 0 Å². The molecule has 2 rings (SSSR count). The van der Waals surface area contributed by atoms with Crippen LogP contribution in [-0.4, -0.2) is 29.7 Å². The predicted octanol–water partition coefficient (Wildman–Crippen LogP) is 2.84. The van der Waals surface area contributed by atoms with Crippen LogP contribution in [0.5, 0.6) is 0 Å². The fourth-order valence-electron chi connectivity index (χ4n) is 2.81. The Morgan fingerprint density at radius 3 is 2.82 bits per heavy atom. The molecule has 0 bridgehead atoms. The summed E-state index contributed by atoms with van der Waals surface area (Å²) in [5.41, 5.74) is 1.40. The molecule has 1 fully saturated rings. The molecule has 2 atom stereocenters. The maximum absolute atomic E-state index is 9.04. The number of aliphatic hydroxyl groups excluding tert-OH is 1. The van der Waals surface area contributed by atoms with E-state index in [-0.39, 0.29) is 0 Å². The number of rotatable bonds is 4. The number of nitrogens with zero attached hydrogens (tertiary/aromatic N) is 1.